The monoisotopic (exact) mass is 358 g/mol. The van der Waals surface area contributed by atoms with Gasteiger partial charge in [0.25, 0.3) is 0 Å². The zero-order chi connectivity index (χ0) is 18.4. The van der Waals surface area contributed by atoms with Crippen LogP contribution in [0.3, 0.4) is 0 Å². The number of nitrogens with zero attached hydrogens (tertiary/aromatic N) is 3. The molecule has 1 aliphatic heterocycles. The predicted molar refractivity (Wildman–Crippen MR) is 87.9 cm³/mol. The molecular weight excluding hydrogens is 333 g/mol. The molecule has 25 heavy (non-hydrogen) atoms. The first-order valence-electron chi connectivity index (χ1n) is 8.63. The molecule has 0 radical (unpaired) electrons. The SMILES string of the molecule is CC(C)C[C@H](NCC(F)(F)F)C(=O)N1CCC(c2cccnn2)CC1. The van der Waals surface area contributed by atoms with Gasteiger partial charge in [0.05, 0.1) is 18.3 Å². The van der Waals surface area contributed by atoms with Crippen LogP contribution in [0.2, 0.25) is 0 Å². The third kappa shape index (κ3) is 6.26. The van der Waals surface area contributed by atoms with E-state index < -0.39 is 18.8 Å². The fourth-order valence-electron chi connectivity index (χ4n) is 3.13. The van der Waals surface area contributed by atoms with E-state index in [2.05, 4.69) is 15.5 Å². The average molecular weight is 358 g/mol. The van der Waals surface area contributed by atoms with E-state index in [9.17, 15) is 18.0 Å². The number of carbonyl (C=O) groups excluding carboxylic acids is 1. The lowest BCUT2D eigenvalue weighted by Crippen LogP contribution is -2.51. The number of hydrogen-bond acceptors (Lipinski definition) is 4. The molecule has 8 heteroatoms. The third-order valence-corrected chi connectivity index (χ3v) is 4.37. The fourth-order valence-corrected chi connectivity index (χ4v) is 3.13. The Morgan fingerprint density at radius 1 is 1.36 bits per heavy atom. The summed E-state index contributed by atoms with van der Waals surface area (Å²) in [6.07, 6.45) is -0.825. The number of nitrogens with one attached hydrogen (secondary N) is 1. The number of carbonyl (C=O) groups is 1. The Labute approximate surface area is 146 Å². The second kappa shape index (κ2) is 8.60. The van der Waals surface area contributed by atoms with Crippen LogP contribution in [0.4, 0.5) is 13.2 Å². The molecule has 0 unspecified atom stereocenters. The van der Waals surface area contributed by atoms with Crippen molar-refractivity contribution in [1.29, 1.82) is 0 Å². The van der Waals surface area contributed by atoms with Crippen molar-refractivity contribution in [3.05, 3.63) is 24.0 Å². The van der Waals surface area contributed by atoms with Crippen LogP contribution in [0.25, 0.3) is 0 Å². The number of aromatic nitrogens is 2. The lowest BCUT2D eigenvalue weighted by atomic mass is 9.92. The lowest BCUT2D eigenvalue weighted by molar-refractivity contribution is -0.140. The van der Waals surface area contributed by atoms with Gasteiger partial charge in [0, 0.05) is 25.2 Å². The molecule has 5 nitrogen and oxygen atoms in total. The van der Waals surface area contributed by atoms with E-state index >= 15 is 0 Å². The maximum atomic E-state index is 12.7. The van der Waals surface area contributed by atoms with E-state index in [0.717, 1.165) is 18.5 Å². The molecule has 0 spiro atoms. The van der Waals surface area contributed by atoms with Gasteiger partial charge in [0.2, 0.25) is 5.91 Å². The number of halogens is 3. The number of alkyl halides is 3. The van der Waals surface area contributed by atoms with E-state index in [1.807, 2.05) is 26.0 Å². The van der Waals surface area contributed by atoms with Crippen molar-refractivity contribution >= 4 is 5.91 Å². The fraction of sp³-hybridized carbons (Fsp3) is 0.706. The van der Waals surface area contributed by atoms with Gasteiger partial charge in [-0.15, -0.1) is 0 Å². The van der Waals surface area contributed by atoms with Gasteiger partial charge in [-0.05, 0) is 37.3 Å². The molecule has 0 bridgehead atoms. The van der Waals surface area contributed by atoms with Crippen LogP contribution >= 0.6 is 0 Å². The molecule has 2 heterocycles. The summed E-state index contributed by atoms with van der Waals surface area (Å²) in [6, 6.07) is 2.95. The van der Waals surface area contributed by atoms with Crippen molar-refractivity contribution in [2.45, 2.75) is 51.2 Å². The summed E-state index contributed by atoms with van der Waals surface area (Å²) in [5.74, 6) is 0.131. The van der Waals surface area contributed by atoms with E-state index in [0.29, 0.717) is 19.5 Å². The Bertz CT molecular complexity index is 543. The normalized spacial score (nSPS) is 17.8. The number of piperidine rings is 1. The summed E-state index contributed by atoms with van der Waals surface area (Å²) in [5, 5.41) is 10.4. The van der Waals surface area contributed by atoms with Crippen LogP contribution in [0.15, 0.2) is 18.3 Å². The van der Waals surface area contributed by atoms with Crippen molar-refractivity contribution in [2.75, 3.05) is 19.6 Å². The summed E-state index contributed by atoms with van der Waals surface area (Å²) < 4.78 is 37.5. The number of hydrogen-bond donors (Lipinski definition) is 1. The Hall–Kier alpha value is -1.70. The zero-order valence-electron chi connectivity index (χ0n) is 14.6. The first-order valence-corrected chi connectivity index (χ1v) is 8.63. The highest BCUT2D eigenvalue weighted by Crippen LogP contribution is 2.27. The molecule has 1 aromatic rings. The topological polar surface area (TPSA) is 58.1 Å². The Kier molecular flexibility index (Phi) is 6.75. The van der Waals surface area contributed by atoms with Gasteiger partial charge in [0.15, 0.2) is 0 Å². The quantitative estimate of drug-likeness (QED) is 0.850. The Morgan fingerprint density at radius 2 is 2.04 bits per heavy atom. The third-order valence-electron chi connectivity index (χ3n) is 4.37. The molecule has 2 rings (SSSR count). The highest BCUT2D eigenvalue weighted by molar-refractivity contribution is 5.82. The molecule has 0 saturated carbocycles. The van der Waals surface area contributed by atoms with Gasteiger partial charge in [-0.2, -0.15) is 23.4 Å². The molecule has 1 amide bonds. The summed E-state index contributed by atoms with van der Waals surface area (Å²) in [7, 11) is 0. The maximum absolute atomic E-state index is 12.7. The zero-order valence-corrected chi connectivity index (χ0v) is 14.6. The van der Waals surface area contributed by atoms with Crippen molar-refractivity contribution in [1.82, 2.24) is 20.4 Å². The largest absolute Gasteiger partial charge is 0.401 e. The van der Waals surface area contributed by atoms with Crippen LogP contribution in [-0.4, -0.2) is 52.9 Å². The first kappa shape index (κ1) is 19.6. The smallest absolute Gasteiger partial charge is 0.341 e. The van der Waals surface area contributed by atoms with E-state index in [-0.39, 0.29) is 17.7 Å². The van der Waals surface area contributed by atoms with Crippen LogP contribution in [0, 0.1) is 5.92 Å². The van der Waals surface area contributed by atoms with Crippen LogP contribution in [0.5, 0.6) is 0 Å². The predicted octanol–water partition coefficient (Wildman–Crippen LogP) is 2.75. The molecule has 1 aromatic heterocycles. The minimum absolute atomic E-state index is 0.131. The molecule has 1 atom stereocenters. The van der Waals surface area contributed by atoms with Gasteiger partial charge in [-0.1, -0.05) is 13.8 Å². The minimum atomic E-state index is -4.32. The van der Waals surface area contributed by atoms with Gasteiger partial charge >= 0.3 is 6.18 Å². The standard InChI is InChI=1S/C17H25F3N4O/c1-12(2)10-15(21-11-17(18,19)20)16(25)24-8-5-13(6-9-24)14-4-3-7-22-23-14/h3-4,7,12-13,15,21H,5-6,8-11H2,1-2H3/t15-/m0/s1. The molecule has 0 aliphatic carbocycles. The molecule has 1 fully saturated rings. The number of rotatable bonds is 6. The molecule has 1 aliphatic rings. The highest BCUT2D eigenvalue weighted by Gasteiger charge is 2.33. The van der Waals surface area contributed by atoms with Gasteiger partial charge in [-0.25, -0.2) is 0 Å². The second-order valence-electron chi connectivity index (χ2n) is 6.93. The number of likely N-dealkylation sites (tertiary alicyclic amines) is 1. The van der Waals surface area contributed by atoms with Crippen molar-refractivity contribution in [2.24, 2.45) is 5.92 Å². The molecule has 0 aromatic carbocycles. The van der Waals surface area contributed by atoms with Crippen LogP contribution in [-0.2, 0) is 4.79 Å². The number of amides is 1. The average Bonchev–Trinajstić information content (AvgIpc) is 2.58. The summed E-state index contributed by atoms with van der Waals surface area (Å²) in [5.41, 5.74) is 0.906. The van der Waals surface area contributed by atoms with E-state index in [1.165, 1.54) is 0 Å². The maximum Gasteiger partial charge on any atom is 0.401 e. The Morgan fingerprint density at radius 3 is 2.56 bits per heavy atom. The van der Waals surface area contributed by atoms with E-state index in [1.54, 1.807) is 11.1 Å². The summed E-state index contributed by atoms with van der Waals surface area (Å²) in [6.45, 7) is 3.71. The van der Waals surface area contributed by atoms with Crippen LogP contribution in [0.1, 0.15) is 44.7 Å². The van der Waals surface area contributed by atoms with Gasteiger partial charge < -0.3 is 4.90 Å². The lowest BCUT2D eigenvalue weighted by Gasteiger charge is -2.34. The molecular formula is C17H25F3N4O. The van der Waals surface area contributed by atoms with Crippen molar-refractivity contribution < 1.29 is 18.0 Å². The first-order chi connectivity index (χ1) is 11.8. The molecule has 1 N–H and O–H groups in total. The van der Waals surface area contributed by atoms with Crippen molar-refractivity contribution in [3.63, 3.8) is 0 Å². The second-order valence-corrected chi connectivity index (χ2v) is 6.93. The van der Waals surface area contributed by atoms with Crippen molar-refractivity contribution in [3.8, 4) is 0 Å². The molecule has 140 valence electrons. The van der Waals surface area contributed by atoms with Gasteiger partial charge in [-0.3, -0.25) is 10.1 Å². The summed E-state index contributed by atoms with van der Waals surface area (Å²) >= 11 is 0. The van der Waals surface area contributed by atoms with Crippen LogP contribution < -0.4 is 5.32 Å². The van der Waals surface area contributed by atoms with E-state index in [4.69, 9.17) is 0 Å². The minimum Gasteiger partial charge on any atom is -0.341 e. The highest BCUT2D eigenvalue weighted by atomic mass is 19.4. The van der Waals surface area contributed by atoms with Gasteiger partial charge in [0.1, 0.15) is 0 Å². The molecule has 1 saturated heterocycles. The Balaban J connectivity index is 1.93. The summed E-state index contributed by atoms with van der Waals surface area (Å²) in [4.78, 5) is 14.3.